The number of nitriles is 2. The van der Waals surface area contributed by atoms with Crippen LogP contribution in [-0.2, 0) is 7.05 Å². The number of nitrogens with zero attached hydrogens (tertiary/aromatic N) is 9. The van der Waals surface area contributed by atoms with Gasteiger partial charge in [-0.2, -0.15) is 20.7 Å². The van der Waals surface area contributed by atoms with Gasteiger partial charge in [-0.15, -0.1) is 0 Å². The van der Waals surface area contributed by atoms with E-state index in [4.69, 9.17) is 20.0 Å². The molecule has 1 fully saturated rings. The first kappa shape index (κ1) is 23.2. The zero-order valence-electron chi connectivity index (χ0n) is 20.7. The van der Waals surface area contributed by atoms with Crippen molar-refractivity contribution >= 4 is 11.3 Å². The van der Waals surface area contributed by atoms with Gasteiger partial charge in [0.2, 0.25) is 0 Å². The Balaban J connectivity index is 1.21. The summed E-state index contributed by atoms with van der Waals surface area (Å²) in [6, 6.07) is 15.6. The average Bonchev–Trinajstić information content (AvgIpc) is 3.59. The van der Waals surface area contributed by atoms with Crippen LogP contribution in [0.4, 0.5) is 5.82 Å². The molecule has 4 aromatic heterocycles. The molecule has 0 atom stereocenters. The first-order valence-electron chi connectivity index (χ1n) is 12.3. The van der Waals surface area contributed by atoms with Crippen LogP contribution in [0.3, 0.4) is 0 Å². The number of aryl methyl sites for hydroxylation is 1. The molecule has 0 amide bonds. The van der Waals surface area contributed by atoms with Gasteiger partial charge in [-0.25, -0.2) is 14.5 Å². The van der Waals surface area contributed by atoms with Gasteiger partial charge in [-0.3, -0.25) is 4.68 Å². The molecule has 1 aliphatic heterocycles. The number of hydrogen-bond donors (Lipinski definition) is 0. The zero-order chi connectivity index (χ0) is 26.1. The van der Waals surface area contributed by atoms with Crippen LogP contribution in [-0.4, -0.2) is 48.6 Å². The standard InChI is InChI=1S/C28H23N9O/c1-35-17-22(16-32-35)25-18-37-28(21(13-30)15-33-37)27(34-25)20-4-7-26(31-14-20)36-10-8-24(9-11-36)38-23-5-2-19(12-29)3-6-23/h2-7,14-18,24H,8-11H2,1H3. The number of piperidine rings is 1. The van der Waals surface area contributed by atoms with Crippen molar-refractivity contribution in [2.45, 2.75) is 18.9 Å². The number of benzene rings is 1. The highest BCUT2D eigenvalue weighted by Crippen LogP contribution is 2.30. The number of aromatic nitrogens is 6. The van der Waals surface area contributed by atoms with Crippen LogP contribution in [0, 0.1) is 22.7 Å². The Hall–Kier alpha value is -5.22. The SMILES string of the molecule is Cn1cc(-c2cn3ncc(C#N)c3c(-c3ccc(N4CCC(Oc5ccc(C#N)cc5)CC4)nc3)n2)cn1. The molecule has 38 heavy (non-hydrogen) atoms. The van der Waals surface area contributed by atoms with E-state index in [0.717, 1.165) is 48.6 Å². The fourth-order valence-electron chi connectivity index (χ4n) is 4.71. The first-order chi connectivity index (χ1) is 18.6. The van der Waals surface area contributed by atoms with E-state index in [0.29, 0.717) is 28.0 Å². The summed E-state index contributed by atoms with van der Waals surface area (Å²) >= 11 is 0. The number of anilines is 1. The zero-order valence-corrected chi connectivity index (χ0v) is 20.7. The summed E-state index contributed by atoms with van der Waals surface area (Å²) in [5, 5.41) is 27.2. The molecule has 0 N–H and O–H groups in total. The van der Waals surface area contributed by atoms with Crippen molar-refractivity contribution in [2.75, 3.05) is 18.0 Å². The summed E-state index contributed by atoms with van der Waals surface area (Å²) in [5.74, 6) is 1.67. The third-order valence-corrected chi connectivity index (χ3v) is 6.69. The molecule has 1 saturated heterocycles. The predicted molar refractivity (Wildman–Crippen MR) is 140 cm³/mol. The second kappa shape index (κ2) is 9.68. The highest BCUT2D eigenvalue weighted by molar-refractivity contribution is 5.83. The smallest absolute Gasteiger partial charge is 0.128 e. The van der Waals surface area contributed by atoms with Crippen LogP contribution in [0.2, 0.25) is 0 Å². The Kier molecular flexibility index (Phi) is 5.91. The summed E-state index contributed by atoms with van der Waals surface area (Å²) in [7, 11) is 1.86. The second-order valence-corrected chi connectivity index (χ2v) is 9.19. The van der Waals surface area contributed by atoms with Crippen molar-refractivity contribution in [1.82, 2.24) is 29.4 Å². The summed E-state index contributed by atoms with van der Waals surface area (Å²) in [6.07, 6.45) is 10.7. The maximum Gasteiger partial charge on any atom is 0.128 e. The van der Waals surface area contributed by atoms with Crippen LogP contribution in [0.15, 0.2) is 67.4 Å². The van der Waals surface area contributed by atoms with Crippen LogP contribution in [0.1, 0.15) is 24.0 Å². The van der Waals surface area contributed by atoms with Crippen molar-refractivity contribution in [3.8, 4) is 40.4 Å². The van der Waals surface area contributed by atoms with Gasteiger partial charge in [0.05, 0.1) is 41.6 Å². The molecule has 0 unspecified atom stereocenters. The monoisotopic (exact) mass is 501 g/mol. The van der Waals surface area contributed by atoms with Gasteiger partial charge in [0, 0.05) is 56.5 Å². The summed E-state index contributed by atoms with van der Waals surface area (Å²) in [5.41, 5.74) is 4.75. The van der Waals surface area contributed by atoms with E-state index in [1.54, 1.807) is 39.9 Å². The highest BCUT2D eigenvalue weighted by Gasteiger charge is 2.22. The van der Waals surface area contributed by atoms with Gasteiger partial charge < -0.3 is 9.64 Å². The van der Waals surface area contributed by atoms with Gasteiger partial charge in [0.15, 0.2) is 0 Å². The van der Waals surface area contributed by atoms with Gasteiger partial charge in [-0.05, 0) is 36.4 Å². The largest absolute Gasteiger partial charge is 0.490 e. The molecule has 1 aromatic carbocycles. The number of fused-ring (bicyclic) bond motifs is 1. The first-order valence-corrected chi connectivity index (χ1v) is 12.3. The van der Waals surface area contributed by atoms with E-state index >= 15 is 0 Å². The van der Waals surface area contributed by atoms with Crippen LogP contribution in [0.25, 0.3) is 28.0 Å². The van der Waals surface area contributed by atoms with Crippen molar-refractivity contribution in [2.24, 2.45) is 7.05 Å². The van der Waals surface area contributed by atoms with Gasteiger partial charge in [0.25, 0.3) is 0 Å². The maximum atomic E-state index is 9.65. The molecule has 0 spiro atoms. The van der Waals surface area contributed by atoms with Crippen molar-refractivity contribution < 1.29 is 4.74 Å². The van der Waals surface area contributed by atoms with E-state index in [1.165, 1.54) is 0 Å². The van der Waals surface area contributed by atoms with Crippen LogP contribution < -0.4 is 9.64 Å². The van der Waals surface area contributed by atoms with Crippen LogP contribution in [0.5, 0.6) is 5.75 Å². The van der Waals surface area contributed by atoms with E-state index < -0.39 is 0 Å². The Morgan fingerprint density at radius 3 is 2.37 bits per heavy atom. The van der Waals surface area contributed by atoms with E-state index in [2.05, 4.69) is 27.2 Å². The minimum Gasteiger partial charge on any atom is -0.490 e. The molecule has 10 nitrogen and oxygen atoms in total. The molecule has 0 bridgehead atoms. The lowest BCUT2D eigenvalue weighted by Gasteiger charge is -2.33. The molecule has 6 rings (SSSR count). The van der Waals surface area contributed by atoms with Gasteiger partial charge in [-0.1, -0.05) is 0 Å². The molecule has 5 aromatic rings. The third-order valence-electron chi connectivity index (χ3n) is 6.69. The lowest BCUT2D eigenvalue weighted by molar-refractivity contribution is 0.170. The van der Waals surface area contributed by atoms with Crippen molar-refractivity contribution in [3.63, 3.8) is 0 Å². The van der Waals surface area contributed by atoms with Crippen molar-refractivity contribution in [1.29, 1.82) is 10.5 Å². The minimum atomic E-state index is 0.123. The Morgan fingerprint density at radius 2 is 1.71 bits per heavy atom. The highest BCUT2D eigenvalue weighted by atomic mass is 16.5. The number of pyridine rings is 1. The fraction of sp³-hybridized carbons (Fsp3) is 0.214. The fourth-order valence-corrected chi connectivity index (χ4v) is 4.71. The predicted octanol–water partition coefficient (Wildman–Crippen LogP) is 3.98. The molecular formula is C28H23N9O. The number of rotatable bonds is 5. The Morgan fingerprint density at radius 1 is 0.895 bits per heavy atom. The molecule has 0 aliphatic carbocycles. The lowest BCUT2D eigenvalue weighted by atomic mass is 10.1. The molecule has 10 heteroatoms. The number of ether oxygens (including phenoxy) is 1. The molecular weight excluding hydrogens is 478 g/mol. The van der Waals surface area contributed by atoms with Crippen molar-refractivity contribution in [3.05, 3.63) is 78.5 Å². The third kappa shape index (κ3) is 4.40. The molecule has 0 radical (unpaired) electrons. The number of hydrogen-bond acceptors (Lipinski definition) is 8. The van der Waals surface area contributed by atoms with E-state index in [9.17, 15) is 5.26 Å². The van der Waals surface area contributed by atoms with Gasteiger partial charge in [0.1, 0.15) is 34.8 Å². The topological polar surface area (TPSA) is 121 Å². The lowest BCUT2D eigenvalue weighted by Crippen LogP contribution is -2.38. The second-order valence-electron chi connectivity index (χ2n) is 9.19. The molecule has 186 valence electrons. The molecule has 0 saturated carbocycles. The van der Waals surface area contributed by atoms with E-state index in [1.807, 2.05) is 43.7 Å². The molecule has 1 aliphatic rings. The summed E-state index contributed by atoms with van der Waals surface area (Å²) in [4.78, 5) is 11.9. The van der Waals surface area contributed by atoms with Gasteiger partial charge >= 0.3 is 0 Å². The summed E-state index contributed by atoms with van der Waals surface area (Å²) in [6.45, 7) is 1.65. The Bertz CT molecular complexity index is 1680. The Labute approximate surface area is 219 Å². The summed E-state index contributed by atoms with van der Waals surface area (Å²) < 4.78 is 9.53. The quantitative estimate of drug-likeness (QED) is 0.355. The average molecular weight is 502 g/mol. The minimum absolute atomic E-state index is 0.123. The van der Waals surface area contributed by atoms with Crippen LogP contribution >= 0.6 is 0 Å². The normalized spacial score (nSPS) is 13.8. The molecule has 5 heterocycles. The maximum absolute atomic E-state index is 9.65. The van der Waals surface area contributed by atoms with E-state index in [-0.39, 0.29) is 6.10 Å².